The van der Waals surface area contributed by atoms with Crippen molar-refractivity contribution in [1.29, 1.82) is 0 Å². The molecule has 0 radical (unpaired) electrons. The fourth-order valence-corrected chi connectivity index (χ4v) is 3.03. The second kappa shape index (κ2) is 7.85. The van der Waals surface area contributed by atoms with Crippen molar-refractivity contribution in [3.63, 3.8) is 0 Å². The lowest BCUT2D eigenvalue weighted by molar-refractivity contribution is -0.145. The van der Waals surface area contributed by atoms with Gasteiger partial charge in [-0.05, 0) is 58.7 Å². The van der Waals surface area contributed by atoms with E-state index in [4.69, 9.17) is 0 Å². The van der Waals surface area contributed by atoms with E-state index in [2.05, 4.69) is 17.1 Å². The Bertz CT molecular complexity index is 283. The minimum absolute atomic E-state index is 0.342. The van der Waals surface area contributed by atoms with E-state index in [1.165, 1.54) is 12.8 Å². The predicted octanol–water partition coefficient (Wildman–Crippen LogP) is 2.48. The summed E-state index contributed by atoms with van der Waals surface area (Å²) in [5.74, 6) is -0.719. The highest BCUT2D eigenvalue weighted by molar-refractivity contribution is 5.78. The molecule has 19 heavy (non-hydrogen) atoms. The first-order chi connectivity index (χ1) is 9.01. The molecule has 0 amide bonds. The number of carboxylic acid groups (broad SMARTS) is 1. The molecule has 2 unspecified atom stereocenters. The monoisotopic (exact) mass is 270 g/mol. The molecule has 1 heterocycles. The molecular weight excluding hydrogens is 240 g/mol. The van der Waals surface area contributed by atoms with E-state index < -0.39 is 11.5 Å². The van der Waals surface area contributed by atoms with Gasteiger partial charge in [0.05, 0.1) is 0 Å². The van der Waals surface area contributed by atoms with Gasteiger partial charge in [-0.15, -0.1) is 0 Å². The average Bonchev–Trinajstić information content (AvgIpc) is 2.55. The number of carbonyl (C=O) groups is 1. The van der Waals surface area contributed by atoms with Crippen LogP contribution >= 0.6 is 0 Å². The summed E-state index contributed by atoms with van der Waals surface area (Å²) < 4.78 is 0. The first-order valence-electron chi connectivity index (χ1n) is 7.75. The zero-order chi connectivity index (χ0) is 14.3. The lowest BCUT2D eigenvalue weighted by atomic mass is 9.93. The molecule has 4 heteroatoms. The summed E-state index contributed by atoms with van der Waals surface area (Å²) in [6, 6.07) is 0.342. The molecule has 4 nitrogen and oxygen atoms in total. The number of nitrogens with zero attached hydrogens (tertiary/aromatic N) is 1. The smallest absolute Gasteiger partial charge is 0.323 e. The molecule has 0 spiro atoms. The van der Waals surface area contributed by atoms with E-state index >= 15 is 0 Å². The average molecular weight is 270 g/mol. The van der Waals surface area contributed by atoms with Crippen molar-refractivity contribution >= 4 is 5.97 Å². The molecule has 112 valence electrons. The van der Waals surface area contributed by atoms with E-state index in [0.29, 0.717) is 12.5 Å². The first-order valence-corrected chi connectivity index (χ1v) is 7.75. The van der Waals surface area contributed by atoms with Gasteiger partial charge in [0, 0.05) is 6.04 Å². The van der Waals surface area contributed by atoms with Crippen LogP contribution in [0.15, 0.2) is 0 Å². The van der Waals surface area contributed by atoms with Crippen molar-refractivity contribution < 1.29 is 9.90 Å². The Balaban J connectivity index is 2.53. The lowest BCUT2D eigenvalue weighted by Gasteiger charge is -2.31. The molecular formula is C15H30N2O2. The first kappa shape index (κ1) is 16.4. The molecule has 1 rings (SSSR count). The minimum Gasteiger partial charge on any atom is -0.480 e. The second-order valence-electron chi connectivity index (χ2n) is 6.00. The standard InChI is InChI=1S/C15H30N2O2/c1-4-9-15(3,14(18)19)16-13-7-6-11-17(10-5-2)12-8-13/h13,16H,4-12H2,1-3H3,(H,18,19). The third-order valence-electron chi connectivity index (χ3n) is 4.11. The van der Waals surface area contributed by atoms with Gasteiger partial charge in [0.2, 0.25) is 0 Å². The maximum Gasteiger partial charge on any atom is 0.323 e. The SMILES string of the molecule is CCCN1CCCC(NC(C)(CCC)C(=O)O)CC1. The van der Waals surface area contributed by atoms with Crippen molar-refractivity contribution in [3.8, 4) is 0 Å². The molecule has 0 aromatic rings. The molecule has 1 aliphatic rings. The Morgan fingerprint density at radius 1 is 1.32 bits per heavy atom. The molecule has 0 aromatic carbocycles. The number of hydrogen-bond donors (Lipinski definition) is 2. The Kier molecular flexibility index (Phi) is 6.80. The van der Waals surface area contributed by atoms with E-state index in [9.17, 15) is 9.90 Å². The van der Waals surface area contributed by atoms with Crippen molar-refractivity contribution in [1.82, 2.24) is 10.2 Å². The maximum absolute atomic E-state index is 11.5. The number of aliphatic carboxylic acids is 1. The van der Waals surface area contributed by atoms with E-state index in [1.807, 2.05) is 13.8 Å². The van der Waals surface area contributed by atoms with Crippen LogP contribution in [0, 0.1) is 0 Å². The Labute approximate surface area is 117 Å². The molecule has 0 bridgehead atoms. The van der Waals surface area contributed by atoms with E-state index in [-0.39, 0.29) is 0 Å². The summed E-state index contributed by atoms with van der Waals surface area (Å²) in [6.45, 7) is 9.49. The molecule has 0 aliphatic carbocycles. The number of hydrogen-bond acceptors (Lipinski definition) is 3. The molecule has 0 aromatic heterocycles. The van der Waals surface area contributed by atoms with Crippen LogP contribution in [-0.2, 0) is 4.79 Å². The summed E-state index contributed by atoms with van der Waals surface area (Å²) in [7, 11) is 0. The van der Waals surface area contributed by atoms with Crippen LogP contribution in [0.1, 0.15) is 59.3 Å². The summed E-state index contributed by atoms with van der Waals surface area (Å²) in [5, 5.41) is 12.8. The molecule has 0 saturated carbocycles. The number of carboxylic acids is 1. The van der Waals surface area contributed by atoms with Crippen molar-refractivity contribution in [2.75, 3.05) is 19.6 Å². The van der Waals surface area contributed by atoms with Crippen molar-refractivity contribution in [3.05, 3.63) is 0 Å². The maximum atomic E-state index is 11.5. The predicted molar refractivity (Wildman–Crippen MR) is 78.5 cm³/mol. The van der Waals surface area contributed by atoms with E-state index in [1.54, 1.807) is 0 Å². The van der Waals surface area contributed by atoms with Gasteiger partial charge in [0.25, 0.3) is 0 Å². The van der Waals surface area contributed by atoms with Gasteiger partial charge in [-0.2, -0.15) is 0 Å². The van der Waals surface area contributed by atoms with Crippen LogP contribution in [-0.4, -0.2) is 47.2 Å². The van der Waals surface area contributed by atoms with E-state index in [0.717, 1.165) is 38.9 Å². The molecule has 1 aliphatic heterocycles. The Morgan fingerprint density at radius 3 is 2.63 bits per heavy atom. The van der Waals surface area contributed by atoms with Crippen LogP contribution < -0.4 is 5.32 Å². The Morgan fingerprint density at radius 2 is 2.05 bits per heavy atom. The molecule has 2 atom stereocenters. The zero-order valence-corrected chi connectivity index (χ0v) is 12.7. The lowest BCUT2D eigenvalue weighted by Crippen LogP contribution is -2.54. The fourth-order valence-electron chi connectivity index (χ4n) is 3.03. The third-order valence-corrected chi connectivity index (χ3v) is 4.11. The zero-order valence-electron chi connectivity index (χ0n) is 12.7. The van der Waals surface area contributed by atoms with Gasteiger partial charge in [-0.3, -0.25) is 10.1 Å². The highest BCUT2D eigenvalue weighted by atomic mass is 16.4. The number of nitrogens with one attached hydrogen (secondary N) is 1. The third kappa shape index (κ3) is 5.11. The normalized spacial score (nSPS) is 24.7. The summed E-state index contributed by atoms with van der Waals surface area (Å²) in [6.07, 6.45) is 6.10. The molecule has 1 fully saturated rings. The van der Waals surface area contributed by atoms with Gasteiger partial charge in [0.1, 0.15) is 5.54 Å². The van der Waals surface area contributed by atoms with Gasteiger partial charge < -0.3 is 10.0 Å². The van der Waals surface area contributed by atoms with Crippen LogP contribution in [0.3, 0.4) is 0 Å². The van der Waals surface area contributed by atoms with Crippen molar-refractivity contribution in [2.45, 2.75) is 70.9 Å². The summed E-state index contributed by atoms with van der Waals surface area (Å²) in [4.78, 5) is 14.0. The largest absolute Gasteiger partial charge is 0.480 e. The number of likely N-dealkylation sites (tertiary alicyclic amines) is 1. The molecule has 1 saturated heterocycles. The van der Waals surface area contributed by atoms with Crippen molar-refractivity contribution in [2.24, 2.45) is 0 Å². The topological polar surface area (TPSA) is 52.6 Å². The second-order valence-corrected chi connectivity index (χ2v) is 6.00. The quantitative estimate of drug-likeness (QED) is 0.746. The summed E-state index contributed by atoms with van der Waals surface area (Å²) >= 11 is 0. The van der Waals surface area contributed by atoms with Gasteiger partial charge in [-0.1, -0.05) is 20.3 Å². The minimum atomic E-state index is -0.765. The van der Waals surface area contributed by atoms with Gasteiger partial charge >= 0.3 is 5.97 Å². The van der Waals surface area contributed by atoms with Crippen LogP contribution in [0.2, 0.25) is 0 Å². The van der Waals surface area contributed by atoms with Crippen LogP contribution in [0.5, 0.6) is 0 Å². The Hall–Kier alpha value is -0.610. The van der Waals surface area contributed by atoms with Gasteiger partial charge in [-0.25, -0.2) is 0 Å². The van der Waals surface area contributed by atoms with Crippen LogP contribution in [0.25, 0.3) is 0 Å². The summed E-state index contributed by atoms with van der Waals surface area (Å²) in [5.41, 5.74) is -0.765. The fraction of sp³-hybridized carbons (Fsp3) is 0.933. The van der Waals surface area contributed by atoms with Crippen LogP contribution in [0.4, 0.5) is 0 Å². The molecule has 2 N–H and O–H groups in total. The van der Waals surface area contributed by atoms with Gasteiger partial charge in [0.15, 0.2) is 0 Å². The highest BCUT2D eigenvalue weighted by Gasteiger charge is 2.34. The number of rotatable bonds is 7. The highest BCUT2D eigenvalue weighted by Crippen LogP contribution is 2.19.